The van der Waals surface area contributed by atoms with E-state index in [1.807, 2.05) is 13.1 Å². The van der Waals surface area contributed by atoms with E-state index in [0.717, 1.165) is 18.6 Å². The molecule has 0 saturated carbocycles. The Bertz CT molecular complexity index is 580. The highest BCUT2D eigenvalue weighted by Gasteiger charge is 2.21. The summed E-state index contributed by atoms with van der Waals surface area (Å²) in [5, 5.41) is 7.13. The number of aromatic nitrogens is 2. The van der Waals surface area contributed by atoms with Crippen LogP contribution in [0.25, 0.3) is 0 Å². The summed E-state index contributed by atoms with van der Waals surface area (Å²) in [6.07, 6.45) is 2.25. The standard InChI is InChI=1S/C14H17N3O2/c1-9-16-14(17-19-9)8-18-11-4-5-12-10(7-11)3-6-13(12)15-2/h4-5,7,13,15H,3,6,8H2,1-2H3. The van der Waals surface area contributed by atoms with Crippen molar-refractivity contribution < 1.29 is 9.26 Å². The Morgan fingerprint density at radius 1 is 1.47 bits per heavy atom. The van der Waals surface area contributed by atoms with E-state index in [1.165, 1.54) is 11.1 Å². The molecule has 0 saturated heterocycles. The lowest BCUT2D eigenvalue weighted by atomic mass is 10.1. The minimum Gasteiger partial charge on any atom is -0.485 e. The second-order valence-corrected chi connectivity index (χ2v) is 4.76. The van der Waals surface area contributed by atoms with Crippen molar-refractivity contribution in [1.29, 1.82) is 0 Å². The van der Waals surface area contributed by atoms with Crippen LogP contribution in [0.5, 0.6) is 5.75 Å². The third-order valence-corrected chi connectivity index (χ3v) is 3.48. The van der Waals surface area contributed by atoms with Gasteiger partial charge in [0.2, 0.25) is 11.7 Å². The second-order valence-electron chi connectivity index (χ2n) is 4.76. The van der Waals surface area contributed by atoms with Crippen LogP contribution in [0, 0.1) is 6.92 Å². The highest BCUT2D eigenvalue weighted by molar-refractivity contribution is 5.40. The molecule has 0 bridgehead atoms. The van der Waals surface area contributed by atoms with Crippen molar-refractivity contribution >= 4 is 0 Å². The fraction of sp³-hybridized carbons (Fsp3) is 0.429. The third-order valence-electron chi connectivity index (χ3n) is 3.48. The zero-order valence-electron chi connectivity index (χ0n) is 11.1. The summed E-state index contributed by atoms with van der Waals surface area (Å²) >= 11 is 0. The number of nitrogens with one attached hydrogen (secondary N) is 1. The number of aryl methyl sites for hydroxylation is 2. The van der Waals surface area contributed by atoms with Crippen LogP contribution in [0.1, 0.15) is 35.3 Å². The maximum Gasteiger partial charge on any atom is 0.223 e. The molecule has 1 aliphatic rings. The molecule has 5 nitrogen and oxygen atoms in total. The number of hydrogen-bond acceptors (Lipinski definition) is 5. The van der Waals surface area contributed by atoms with Gasteiger partial charge in [0.05, 0.1) is 0 Å². The topological polar surface area (TPSA) is 60.2 Å². The van der Waals surface area contributed by atoms with Gasteiger partial charge in [-0.1, -0.05) is 11.2 Å². The normalized spacial score (nSPS) is 17.5. The molecule has 1 aromatic carbocycles. The molecule has 0 radical (unpaired) electrons. The van der Waals surface area contributed by atoms with Crippen molar-refractivity contribution in [1.82, 2.24) is 15.5 Å². The molecule has 1 atom stereocenters. The maximum atomic E-state index is 5.69. The molecule has 2 aromatic rings. The molecule has 100 valence electrons. The van der Waals surface area contributed by atoms with Gasteiger partial charge in [0, 0.05) is 13.0 Å². The van der Waals surface area contributed by atoms with Gasteiger partial charge in [-0.05, 0) is 43.1 Å². The number of ether oxygens (including phenoxy) is 1. The zero-order chi connectivity index (χ0) is 13.2. The molecule has 0 fully saturated rings. The van der Waals surface area contributed by atoms with Crippen molar-refractivity contribution in [3.8, 4) is 5.75 Å². The molecule has 1 N–H and O–H groups in total. The molecular formula is C14H17N3O2. The van der Waals surface area contributed by atoms with Crippen LogP contribution in [-0.2, 0) is 13.0 Å². The molecule has 0 spiro atoms. The van der Waals surface area contributed by atoms with Crippen LogP contribution in [0.2, 0.25) is 0 Å². The molecule has 3 rings (SSSR count). The summed E-state index contributed by atoms with van der Waals surface area (Å²) in [5.41, 5.74) is 2.74. The van der Waals surface area contributed by atoms with Crippen molar-refractivity contribution in [3.05, 3.63) is 41.0 Å². The lowest BCUT2D eigenvalue weighted by Gasteiger charge is -2.10. The van der Waals surface area contributed by atoms with Crippen molar-refractivity contribution in [2.45, 2.75) is 32.4 Å². The summed E-state index contributed by atoms with van der Waals surface area (Å²) in [4.78, 5) is 4.11. The molecule has 1 aromatic heterocycles. The summed E-state index contributed by atoms with van der Waals surface area (Å²) < 4.78 is 10.6. The average Bonchev–Trinajstić information content (AvgIpc) is 3.01. The van der Waals surface area contributed by atoms with Gasteiger partial charge in [0.1, 0.15) is 5.75 Å². The van der Waals surface area contributed by atoms with Crippen LogP contribution in [-0.4, -0.2) is 17.2 Å². The molecule has 5 heteroatoms. The second kappa shape index (κ2) is 5.01. The Morgan fingerprint density at radius 2 is 2.37 bits per heavy atom. The molecule has 1 heterocycles. The van der Waals surface area contributed by atoms with E-state index >= 15 is 0 Å². The number of benzene rings is 1. The molecule has 1 unspecified atom stereocenters. The van der Waals surface area contributed by atoms with Gasteiger partial charge in [-0.15, -0.1) is 0 Å². The van der Waals surface area contributed by atoms with E-state index < -0.39 is 0 Å². The van der Waals surface area contributed by atoms with Crippen molar-refractivity contribution in [2.75, 3.05) is 7.05 Å². The van der Waals surface area contributed by atoms with Crippen LogP contribution >= 0.6 is 0 Å². The summed E-state index contributed by atoms with van der Waals surface area (Å²) in [6, 6.07) is 6.73. The summed E-state index contributed by atoms with van der Waals surface area (Å²) in [5.74, 6) is 1.99. The Morgan fingerprint density at radius 3 is 3.11 bits per heavy atom. The monoisotopic (exact) mass is 259 g/mol. The van der Waals surface area contributed by atoms with Gasteiger partial charge >= 0.3 is 0 Å². The SMILES string of the molecule is CNC1CCc2cc(OCc3noc(C)n3)ccc21. The first-order chi connectivity index (χ1) is 9.26. The van der Waals surface area contributed by atoms with E-state index in [4.69, 9.17) is 9.26 Å². The number of rotatable bonds is 4. The van der Waals surface area contributed by atoms with E-state index in [-0.39, 0.29) is 0 Å². The summed E-state index contributed by atoms with van der Waals surface area (Å²) in [7, 11) is 2.00. The number of nitrogens with zero attached hydrogens (tertiary/aromatic N) is 2. The van der Waals surface area contributed by atoms with Gasteiger partial charge in [-0.2, -0.15) is 4.98 Å². The highest BCUT2D eigenvalue weighted by Crippen LogP contribution is 2.33. The first-order valence-electron chi connectivity index (χ1n) is 6.48. The average molecular weight is 259 g/mol. The fourth-order valence-electron chi connectivity index (χ4n) is 2.53. The Balaban J connectivity index is 1.69. The quantitative estimate of drug-likeness (QED) is 0.911. The molecule has 1 aliphatic carbocycles. The largest absolute Gasteiger partial charge is 0.485 e. The van der Waals surface area contributed by atoms with E-state index in [9.17, 15) is 0 Å². The summed E-state index contributed by atoms with van der Waals surface area (Å²) in [6.45, 7) is 2.11. The van der Waals surface area contributed by atoms with E-state index in [1.54, 1.807) is 6.92 Å². The van der Waals surface area contributed by atoms with E-state index in [0.29, 0.717) is 24.4 Å². The van der Waals surface area contributed by atoms with Crippen molar-refractivity contribution in [3.63, 3.8) is 0 Å². The molecule has 19 heavy (non-hydrogen) atoms. The number of fused-ring (bicyclic) bond motifs is 1. The minimum atomic E-state index is 0.339. The molecular weight excluding hydrogens is 242 g/mol. The minimum absolute atomic E-state index is 0.339. The molecule has 0 amide bonds. The van der Waals surface area contributed by atoms with Crippen LogP contribution in [0.4, 0.5) is 0 Å². The van der Waals surface area contributed by atoms with Gasteiger partial charge in [0.25, 0.3) is 0 Å². The van der Waals surface area contributed by atoms with Gasteiger partial charge < -0.3 is 14.6 Å². The van der Waals surface area contributed by atoms with Crippen molar-refractivity contribution in [2.24, 2.45) is 0 Å². The maximum absolute atomic E-state index is 5.69. The Hall–Kier alpha value is -1.88. The lowest BCUT2D eigenvalue weighted by Crippen LogP contribution is -2.12. The third kappa shape index (κ3) is 2.46. The van der Waals surface area contributed by atoms with E-state index in [2.05, 4.69) is 27.6 Å². The van der Waals surface area contributed by atoms with Gasteiger partial charge in [-0.3, -0.25) is 0 Å². The highest BCUT2D eigenvalue weighted by atomic mass is 16.5. The number of hydrogen-bond donors (Lipinski definition) is 1. The van der Waals surface area contributed by atoms with Gasteiger partial charge in [-0.25, -0.2) is 0 Å². The smallest absolute Gasteiger partial charge is 0.223 e. The first kappa shape index (κ1) is 12.2. The predicted octanol–water partition coefficient (Wildman–Crippen LogP) is 2.16. The van der Waals surface area contributed by atoms with Crippen LogP contribution < -0.4 is 10.1 Å². The van der Waals surface area contributed by atoms with Crippen LogP contribution in [0.15, 0.2) is 22.7 Å². The first-order valence-corrected chi connectivity index (χ1v) is 6.48. The Kier molecular flexibility index (Phi) is 3.21. The van der Waals surface area contributed by atoms with Gasteiger partial charge in [0.15, 0.2) is 6.61 Å². The molecule has 0 aliphatic heterocycles. The predicted molar refractivity (Wildman–Crippen MR) is 69.9 cm³/mol. The van der Waals surface area contributed by atoms with Crippen LogP contribution in [0.3, 0.4) is 0 Å². The lowest BCUT2D eigenvalue weighted by molar-refractivity contribution is 0.285. The Labute approximate surface area is 112 Å². The fourth-order valence-corrected chi connectivity index (χ4v) is 2.53. The zero-order valence-corrected chi connectivity index (χ0v) is 11.1.